The lowest BCUT2D eigenvalue weighted by Crippen LogP contribution is -2.49. The number of amides is 1. The largest absolute Gasteiger partial charge is 0.355 e. The summed E-state index contributed by atoms with van der Waals surface area (Å²) in [4.78, 5) is 24.4. The monoisotopic (exact) mass is 367 g/mol. The Hall–Kier alpha value is -2.21. The van der Waals surface area contributed by atoms with Crippen LogP contribution in [0.5, 0.6) is 0 Å². The Morgan fingerprint density at radius 2 is 2.26 bits per heavy atom. The average molecular weight is 367 g/mol. The lowest BCUT2D eigenvalue weighted by atomic mass is 9.71. The van der Waals surface area contributed by atoms with Crippen molar-refractivity contribution in [2.75, 3.05) is 6.54 Å². The van der Waals surface area contributed by atoms with E-state index in [1.54, 1.807) is 6.20 Å². The summed E-state index contributed by atoms with van der Waals surface area (Å²) in [5, 5.41) is 3.23. The third-order valence-corrected chi connectivity index (χ3v) is 6.63. The molecule has 6 nitrogen and oxygen atoms in total. The minimum atomic E-state index is -0.261. The van der Waals surface area contributed by atoms with Gasteiger partial charge in [0.2, 0.25) is 5.91 Å². The zero-order valence-electron chi connectivity index (χ0n) is 16.3. The van der Waals surface area contributed by atoms with Gasteiger partial charge < -0.3 is 9.88 Å². The fraction of sp³-hybridized carbons (Fsp3) is 0.571. The fourth-order valence-electron chi connectivity index (χ4n) is 5.08. The first kappa shape index (κ1) is 18.2. The normalized spacial score (nSPS) is 27.2. The molecule has 6 heteroatoms. The molecular formula is C21H29N5O. The molecule has 0 saturated carbocycles. The molecule has 27 heavy (non-hydrogen) atoms. The van der Waals surface area contributed by atoms with E-state index in [0.29, 0.717) is 18.6 Å². The van der Waals surface area contributed by atoms with Crippen molar-refractivity contribution in [2.45, 2.75) is 57.7 Å². The van der Waals surface area contributed by atoms with E-state index in [9.17, 15) is 4.79 Å². The first-order valence-corrected chi connectivity index (χ1v) is 10.0. The molecule has 2 aliphatic rings. The fourth-order valence-corrected chi connectivity index (χ4v) is 5.08. The Labute approximate surface area is 161 Å². The second-order valence-corrected chi connectivity index (χ2v) is 7.95. The molecule has 1 N–H and O–H groups in total. The van der Waals surface area contributed by atoms with Crippen LogP contribution in [0.3, 0.4) is 0 Å². The quantitative estimate of drug-likeness (QED) is 0.816. The number of pyridine rings is 1. The predicted octanol–water partition coefficient (Wildman–Crippen LogP) is 2.31. The van der Waals surface area contributed by atoms with Gasteiger partial charge in [0.1, 0.15) is 5.82 Å². The molecule has 144 valence electrons. The summed E-state index contributed by atoms with van der Waals surface area (Å²) in [6, 6.07) is 4.81. The lowest BCUT2D eigenvalue weighted by Gasteiger charge is -2.35. The van der Waals surface area contributed by atoms with Gasteiger partial charge in [0.25, 0.3) is 0 Å². The van der Waals surface area contributed by atoms with Crippen LogP contribution in [0.4, 0.5) is 0 Å². The summed E-state index contributed by atoms with van der Waals surface area (Å²) in [5.74, 6) is 1.31. The van der Waals surface area contributed by atoms with Crippen LogP contribution < -0.4 is 5.32 Å². The topological polar surface area (TPSA) is 63.1 Å². The summed E-state index contributed by atoms with van der Waals surface area (Å²) < 4.78 is 2.08. The van der Waals surface area contributed by atoms with Gasteiger partial charge in [0.15, 0.2) is 0 Å². The number of hydrogen-bond donors (Lipinski definition) is 1. The van der Waals surface area contributed by atoms with Crippen LogP contribution in [0.25, 0.3) is 0 Å². The standard InChI is InChI=1S/C21H29N5O/c1-3-21(20(27)24-10-8-16-5-4-9-22-14-16)13-17-6-7-18(21)26(17)15-19-23-11-12-25(19)2/h4-5,9,11-12,14,17-18H,3,6-8,10,13,15H2,1-2H3,(H,24,27)/t17-,18+,21+/m0/s1. The summed E-state index contributed by atoms with van der Waals surface area (Å²) in [5.41, 5.74) is 0.899. The highest BCUT2D eigenvalue weighted by atomic mass is 16.2. The molecule has 2 fully saturated rings. The highest BCUT2D eigenvalue weighted by Crippen LogP contribution is 2.52. The van der Waals surface area contributed by atoms with Gasteiger partial charge in [-0.25, -0.2) is 4.98 Å². The van der Waals surface area contributed by atoms with E-state index in [2.05, 4.69) is 37.7 Å². The van der Waals surface area contributed by atoms with Crippen molar-refractivity contribution < 1.29 is 4.79 Å². The first-order chi connectivity index (χ1) is 13.1. The second-order valence-electron chi connectivity index (χ2n) is 7.95. The zero-order valence-corrected chi connectivity index (χ0v) is 16.3. The molecule has 0 aromatic carbocycles. The third kappa shape index (κ3) is 3.27. The van der Waals surface area contributed by atoms with Crippen LogP contribution in [0.1, 0.15) is 44.0 Å². The number of aryl methyl sites for hydroxylation is 1. The maximum atomic E-state index is 13.2. The van der Waals surface area contributed by atoms with E-state index in [-0.39, 0.29) is 11.3 Å². The zero-order chi connectivity index (χ0) is 18.9. The van der Waals surface area contributed by atoms with Crippen LogP contribution >= 0.6 is 0 Å². The van der Waals surface area contributed by atoms with E-state index in [0.717, 1.165) is 43.6 Å². The number of rotatable bonds is 7. The Morgan fingerprint density at radius 1 is 1.37 bits per heavy atom. The maximum Gasteiger partial charge on any atom is 0.227 e. The number of aromatic nitrogens is 3. The van der Waals surface area contributed by atoms with Gasteiger partial charge in [-0.1, -0.05) is 13.0 Å². The Balaban J connectivity index is 1.42. The van der Waals surface area contributed by atoms with E-state index < -0.39 is 0 Å². The third-order valence-electron chi connectivity index (χ3n) is 6.63. The Kier molecular flexibility index (Phi) is 5.00. The highest BCUT2D eigenvalue weighted by Gasteiger charge is 2.58. The van der Waals surface area contributed by atoms with E-state index in [4.69, 9.17) is 0 Å². The first-order valence-electron chi connectivity index (χ1n) is 10.0. The number of hydrogen-bond acceptors (Lipinski definition) is 4. The number of fused-ring (bicyclic) bond motifs is 2. The molecule has 2 aromatic heterocycles. The van der Waals surface area contributed by atoms with Crippen molar-refractivity contribution in [1.82, 2.24) is 24.8 Å². The van der Waals surface area contributed by atoms with E-state index >= 15 is 0 Å². The molecule has 2 saturated heterocycles. The average Bonchev–Trinajstić information content (AvgIpc) is 3.37. The Morgan fingerprint density at radius 3 is 2.96 bits per heavy atom. The van der Waals surface area contributed by atoms with Gasteiger partial charge in [-0.3, -0.25) is 14.7 Å². The van der Waals surface area contributed by atoms with Crippen molar-refractivity contribution in [2.24, 2.45) is 12.5 Å². The minimum absolute atomic E-state index is 0.228. The van der Waals surface area contributed by atoms with Gasteiger partial charge in [0.05, 0.1) is 12.0 Å². The molecule has 2 aromatic rings. The van der Waals surface area contributed by atoms with Gasteiger partial charge in [0, 0.05) is 50.5 Å². The predicted molar refractivity (Wildman–Crippen MR) is 104 cm³/mol. The lowest BCUT2D eigenvalue weighted by molar-refractivity contribution is -0.133. The number of nitrogens with zero attached hydrogens (tertiary/aromatic N) is 4. The summed E-state index contributed by atoms with van der Waals surface area (Å²) >= 11 is 0. The number of carbonyl (C=O) groups is 1. The molecule has 0 radical (unpaired) electrons. The van der Waals surface area contributed by atoms with Crippen LogP contribution in [0, 0.1) is 5.41 Å². The molecule has 0 unspecified atom stereocenters. The van der Waals surface area contributed by atoms with Gasteiger partial charge >= 0.3 is 0 Å². The van der Waals surface area contributed by atoms with Crippen molar-refractivity contribution in [3.05, 3.63) is 48.3 Å². The van der Waals surface area contributed by atoms with Crippen LogP contribution in [-0.4, -0.2) is 44.0 Å². The van der Waals surface area contributed by atoms with E-state index in [1.807, 2.05) is 31.7 Å². The molecule has 2 aliphatic heterocycles. The van der Waals surface area contributed by atoms with Crippen molar-refractivity contribution in [3.8, 4) is 0 Å². The van der Waals surface area contributed by atoms with Gasteiger partial charge in [-0.05, 0) is 43.7 Å². The molecule has 4 rings (SSSR count). The number of imidazole rings is 1. The summed E-state index contributed by atoms with van der Waals surface area (Å²) in [6.45, 7) is 3.67. The van der Waals surface area contributed by atoms with Crippen LogP contribution in [0.2, 0.25) is 0 Å². The summed E-state index contributed by atoms with van der Waals surface area (Å²) in [7, 11) is 2.04. The molecular weight excluding hydrogens is 338 g/mol. The van der Waals surface area contributed by atoms with Crippen molar-refractivity contribution in [1.29, 1.82) is 0 Å². The molecule has 3 atom stereocenters. The van der Waals surface area contributed by atoms with Crippen LogP contribution in [-0.2, 0) is 24.8 Å². The second kappa shape index (κ2) is 7.43. The maximum absolute atomic E-state index is 13.2. The van der Waals surface area contributed by atoms with Crippen molar-refractivity contribution in [3.63, 3.8) is 0 Å². The van der Waals surface area contributed by atoms with Crippen molar-refractivity contribution >= 4 is 5.91 Å². The van der Waals surface area contributed by atoms with Gasteiger partial charge in [-0.15, -0.1) is 0 Å². The van der Waals surface area contributed by atoms with Gasteiger partial charge in [-0.2, -0.15) is 0 Å². The minimum Gasteiger partial charge on any atom is -0.355 e. The highest BCUT2D eigenvalue weighted by molar-refractivity contribution is 5.84. The molecule has 2 bridgehead atoms. The number of nitrogens with one attached hydrogen (secondary N) is 1. The summed E-state index contributed by atoms with van der Waals surface area (Å²) in [6.07, 6.45) is 12.5. The Bertz CT molecular complexity index is 789. The molecule has 0 aliphatic carbocycles. The SMILES string of the molecule is CC[C@@]1(C(=O)NCCc2cccnc2)C[C@@H]2CC[C@H]1N2Cc1nccn1C. The number of carbonyl (C=O) groups excluding carboxylic acids is 1. The van der Waals surface area contributed by atoms with Crippen LogP contribution in [0.15, 0.2) is 36.9 Å². The van der Waals surface area contributed by atoms with E-state index in [1.165, 1.54) is 6.42 Å². The molecule has 0 spiro atoms. The smallest absolute Gasteiger partial charge is 0.227 e. The molecule has 1 amide bonds. The molecule has 4 heterocycles.